The maximum Gasteiger partial charge on any atom is 0.335 e. The number of piperidine rings is 1. The lowest BCUT2D eigenvalue weighted by Gasteiger charge is -2.36. The maximum absolute atomic E-state index is 12.3. The lowest BCUT2D eigenvalue weighted by molar-refractivity contribution is -0.166. The Balaban J connectivity index is 1.93. The molecule has 1 aromatic rings. The number of carboxylic acids is 1. The fourth-order valence-corrected chi connectivity index (χ4v) is 2.51. The zero-order valence-electron chi connectivity index (χ0n) is 12.8. The van der Waals surface area contributed by atoms with Gasteiger partial charge in [-0.1, -0.05) is 12.1 Å². The molecular weight excluding hydrogens is 286 g/mol. The molecule has 1 unspecified atom stereocenters. The Morgan fingerprint density at radius 3 is 2.50 bits per heavy atom. The van der Waals surface area contributed by atoms with Crippen molar-refractivity contribution in [2.75, 3.05) is 13.1 Å². The number of hydrogen-bond acceptors (Lipinski definition) is 4. The second-order valence-electron chi connectivity index (χ2n) is 5.74. The molecule has 1 aromatic carbocycles. The van der Waals surface area contributed by atoms with Crippen molar-refractivity contribution in [3.05, 3.63) is 29.8 Å². The smallest absolute Gasteiger partial charge is 0.335 e. The van der Waals surface area contributed by atoms with Crippen molar-refractivity contribution < 1.29 is 24.5 Å². The van der Waals surface area contributed by atoms with Gasteiger partial charge in [-0.25, -0.2) is 4.79 Å². The highest BCUT2D eigenvalue weighted by Crippen LogP contribution is 2.23. The first kappa shape index (κ1) is 16.3. The summed E-state index contributed by atoms with van der Waals surface area (Å²) in [5, 5.41) is 18.9. The zero-order chi connectivity index (χ0) is 16.3. The largest absolute Gasteiger partial charge is 0.481 e. The molecule has 0 radical (unpaired) electrons. The molecule has 22 heavy (non-hydrogen) atoms. The monoisotopic (exact) mass is 307 g/mol. The third-order valence-electron chi connectivity index (χ3n) is 3.95. The second kappa shape index (κ2) is 6.36. The number of carbonyl (C=O) groups excluding carboxylic acids is 1. The molecule has 2 rings (SSSR count). The van der Waals surface area contributed by atoms with E-state index in [0.717, 1.165) is 5.56 Å². The van der Waals surface area contributed by atoms with Crippen molar-refractivity contribution in [1.82, 2.24) is 4.90 Å². The Morgan fingerprint density at radius 2 is 1.95 bits per heavy atom. The summed E-state index contributed by atoms with van der Waals surface area (Å²) in [6.45, 7) is 4.03. The van der Waals surface area contributed by atoms with E-state index in [0.29, 0.717) is 5.75 Å². The first-order valence-electron chi connectivity index (χ1n) is 7.30. The van der Waals surface area contributed by atoms with Crippen LogP contribution >= 0.6 is 0 Å². The average molecular weight is 307 g/mol. The summed E-state index contributed by atoms with van der Waals surface area (Å²) in [6, 6.07) is 7.44. The lowest BCUT2D eigenvalue weighted by atomic mass is 9.91. The van der Waals surface area contributed by atoms with Gasteiger partial charge in [-0.15, -0.1) is 0 Å². The summed E-state index contributed by atoms with van der Waals surface area (Å²) in [5.41, 5.74) is -0.682. The van der Waals surface area contributed by atoms with Crippen molar-refractivity contribution in [2.24, 2.45) is 0 Å². The first-order valence-corrected chi connectivity index (χ1v) is 7.30. The van der Waals surface area contributed by atoms with Gasteiger partial charge in [0.2, 0.25) is 0 Å². The third-order valence-corrected chi connectivity index (χ3v) is 3.95. The fraction of sp³-hybridized carbons (Fsp3) is 0.500. The van der Waals surface area contributed by atoms with E-state index in [4.69, 9.17) is 9.84 Å². The van der Waals surface area contributed by atoms with Crippen molar-refractivity contribution >= 4 is 11.9 Å². The Bertz CT molecular complexity index is 563. The number of nitrogens with zero attached hydrogens (tertiary/aromatic N) is 1. The molecule has 0 bridgehead atoms. The van der Waals surface area contributed by atoms with Crippen LogP contribution in [-0.4, -0.2) is 51.8 Å². The highest BCUT2D eigenvalue weighted by Gasteiger charge is 2.41. The normalized spacial score (nSPS) is 18.6. The van der Waals surface area contributed by atoms with Crippen molar-refractivity contribution in [1.29, 1.82) is 0 Å². The van der Waals surface area contributed by atoms with Crippen LogP contribution < -0.4 is 4.74 Å². The van der Waals surface area contributed by atoms with E-state index < -0.39 is 17.7 Å². The van der Waals surface area contributed by atoms with Gasteiger partial charge in [-0.3, -0.25) is 4.79 Å². The zero-order valence-corrected chi connectivity index (χ0v) is 12.8. The molecule has 1 aliphatic rings. The number of hydrogen-bond donors (Lipinski definition) is 2. The van der Waals surface area contributed by atoms with Crippen LogP contribution in [0.3, 0.4) is 0 Å². The van der Waals surface area contributed by atoms with E-state index in [-0.39, 0.29) is 31.8 Å². The number of likely N-dealkylation sites (tertiary alicyclic amines) is 1. The minimum atomic E-state index is -1.72. The van der Waals surface area contributed by atoms with Gasteiger partial charge >= 0.3 is 5.97 Å². The second-order valence-corrected chi connectivity index (χ2v) is 5.74. The van der Waals surface area contributed by atoms with Crippen LogP contribution in [0.4, 0.5) is 0 Å². The topological polar surface area (TPSA) is 87.1 Å². The van der Waals surface area contributed by atoms with E-state index in [1.54, 1.807) is 13.0 Å². The summed E-state index contributed by atoms with van der Waals surface area (Å²) >= 11 is 0. The van der Waals surface area contributed by atoms with Crippen molar-refractivity contribution in [3.63, 3.8) is 0 Å². The molecule has 6 nitrogen and oxygen atoms in total. The molecule has 1 fully saturated rings. The first-order chi connectivity index (χ1) is 10.3. The summed E-state index contributed by atoms with van der Waals surface area (Å²) in [6.07, 6.45) is -0.589. The van der Waals surface area contributed by atoms with Crippen LogP contribution in [0.2, 0.25) is 0 Å². The van der Waals surface area contributed by atoms with Crippen LogP contribution in [0.25, 0.3) is 0 Å². The van der Waals surface area contributed by atoms with E-state index in [2.05, 4.69) is 0 Å². The minimum absolute atomic E-state index is 0.0330. The predicted molar refractivity (Wildman–Crippen MR) is 79.7 cm³/mol. The number of amides is 1. The van der Waals surface area contributed by atoms with E-state index in [9.17, 15) is 14.7 Å². The number of aliphatic carboxylic acids is 1. The van der Waals surface area contributed by atoms with E-state index in [1.807, 2.05) is 25.1 Å². The van der Waals surface area contributed by atoms with Gasteiger partial charge in [0.15, 0.2) is 11.7 Å². The molecular formula is C16H21NO5. The standard InChI is InChI=1S/C16H21NO5/c1-11-4-3-5-13(10-11)22-12(2)14(18)17-8-6-16(21,7-9-17)15(19)20/h3-5,10,12,21H,6-9H2,1-2H3,(H,19,20). The Labute approximate surface area is 129 Å². The van der Waals surface area contributed by atoms with Crippen molar-refractivity contribution in [3.8, 4) is 5.75 Å². The Morgan fingerprint density at radius 1 is 1.32 bits per heavy atom. The van der Waals surface area contributed by atoms with Gasteiger partial charge < -0.3 is 19.8 Å². The number of carboxylic acid groups (broad SMARTS) is 1. The van der Waals surface area contributed by atoms with Crippen LogP contribution in [0.1, 0.15) is 25.3 Å². The molecule has 6 heteroatoms. The lowest BCUT2D eigenvalue weighted by Crippen LogP contribution is -2.53. The van der Waals surface area contributed by atoms with Gasteiger partial charge in [0.1, 0.15) is 5.75 Å². The van der Waals surface area contributed by atoms with Gasteiger partial charge in [-0.2, -0.15) is 0 Å². The average Bonchev–Trinajstić information content (AvgIpc) is 2.47. The summed E-state index contributed by atoms with van der Waals surface area (Å²) < 4.78 is 5.64. The Hall–Kier alpha value is -2.08. The number of carbonyl (C=O) groups is 2. The summed E-state index contributed by atoms with van der Waals surface area (Å²) in [4.78, 5) is 24.9. The number of aliphatic hydroxyl groups is 1. The maximum atomic E-state index is 12.3. The summed E-state index contributed by atoms with van der Waals surface area (Å²) in [5.74, 6) is -0.808. The minimum Gasteiger partial charge on any atom is -0.481 e. The highest BCUT2D eigenvalue weighted by atomic mass is 16.5. The summed E-state index contributed by atoms with van der Waals surface area (Å²) in [7, 11) is 0. The molecule has 1 amide bonds. The van der Waals surface area contributed by atoms with Gasteiger partial charge in [0, 0.05) is 25.9 Å². The predicted octanol–water partition coefficient (Wildman–Crippen LogP) is 1.20. The van der Waals surface area contributed by atoms with Crippen molar-refractivity contribution in [2.45, 2.75) is 38.4 Å². The van der Waals surface area contributed by atoms with Crippen LogP contribution in [0.15, 0.2) is 24.3 Å². The SMILES string of the molecule is Cc1cccc(OC(C)C(=O)N2CCC(O)(C(=O)O)CC2)c1. The molecule has 1 aliphatic heterocycles. The van der Waals surface area contributed by atoms with Crippen LogP contribution in [0.5, 0.6) is 5.75 Å². The quantitative estimate of drug-likeness (QED) is 0.873. The van der Waals surface area contributed by atoms with E-state index >= 15 is 0 Å². The molecule has 0 aromatic heterocycles. The molecule has 120 valence electrons. The van der Waals surface area contributed by atoms with Gasteiger partial charge in [0.05, 0.1) is 0 Å². The van der Waals surface area contributed by atoms with Crippen LogP contribution in [-0.2, 0) is 9.59 Å². The third kappa shape index (κ3) is 3.57. The molecule has 1 saturated heterocycles. The van der Waals surface area contributed by atoms with Gasteiger partial charge in [0.25, 0.3) is 5.91 Å². The number of ether oxygens (including phenoxy) is 1. The van der Waals surface area contributed by atoms with E-state index in [1.165, 1.54) is 4.90 Å². The molecule has 0 aliphatic carbocycles. The number of benzene rings is 1. The molecule has 0 spiro atoms. The molecule has 1 heterocycles. The van der Waals surface area contributed by atoms with Gasteiger partial charge in [-0.05, 0) is 31.5 Å². The molecule has 0 saturated carbocycles. The fourth-order valence-electron chi connectivity index (χ4n) is 2.51. The number of rotatable bonds is 4. The molecule has 1 atom stereocenters. The molecule has 2 N–H and O–H groups in total. The van der Waals surface area contributed by atoms with Crippen LogP contribution in [0, 0.1) is 6.92 Å². The Kier molecular flexibility index (Phi) is 4.71. The number of aryl methyl sites for hydroxylation is 1. The highest BCUT2D eigenvalue weighted by molar-refractivity contribution is 5.82.